The summed E-state index contributed by atoms with van der Waals surface area (Å²) in [6, 6.07) is 3.47. The second kappa shape index (κ2) is 10.4. The summed E-state index contributed by atoms with van der Waals surface area (Å²) in [5.41, 5.74) is 8.51. The molecule has 0 bridgehead atoms. The van der Waals surface area contributed by atoms with Gasteiger partial charge in [-0.05, 0) is 62.1 Å². The zero-order chi connectivity index (χ0) is 25.4. The van der Waals surface area contributed by atoms with Crippen molar-refractivity contribution in [1.29, 1.82) is 0 Å². The second-order valence-corrected chi connectivity index (χ2v) is 10.7. The van der Waals surface area contributed by atoms with Crippen LogP contribution in [0.25, 0.3) is 0 Å². The minimum atomic E-state index is -4.50. The van der Waals surface area contributed by atoms with Crippen LogP contribution in [-0.4, -0.2) is 66.5 Å². The molecule has 3 saturated heterocycles. The Hall–Kier alpha value is -2.08. The lowest BCUT2D eigenvalue weighted by molar-refractivity contribution is -0.138. The van der Waals surface area contributed by atoms with E-state index in [4.69, 9.17) is 16.3 Å². The third kappa shape index (κ3) is 5.44. The highest BCUT2D eigenvalue weighted by Crippen LogP contribution is 2.36. The molecule has 1 saturated carbocycles. The van der Waals surface area contributed by atoms with Crippen LogP contribution in [0, 0.1) is 17.8 Å². The average molecular weight is 530 g/mol. The molecular weight excluding hydrogens is 499 g/mol. The molecule has 5 rings (SSSR count). The molecule has 4 aliphatic rings. The van der Waals surface area contributed by atoms with Gasteiger partial charge in [0.1, 0.15) is 5.75 Å². The molecule has 2 amide bonds. The minimum absolute atomic E-state index is 0.0484. The Bertz CT molecular complexity index is 980. The number of hydrogen-bond acceptors (Lipinski definition) is 6. The van der Waals surface area contributed by atoms with Crippen LogP contribution in [0.5, 0.6) is 5.75 Å². The number of hydrogen-bond donors (Lipinski definition) is 3. The maximum absolute atomic E-state index is 13.2. The van der Waals surface area contributed by atoms with Gasteiger partial charge in [0.25, 0.3) is 5.91 Å². The minimum Gasteiger partial charge on any atom is -0.482 e. The van der Waals surface area contributed by atoms with Gasteiger partial charge in [0, 0.05) is 44.2 Å². The molecular formula is C24H31ClF3N5O3. The van der Waals surface area contributed by atoms with Crippen molar-refractivity contribution in [3.8, 4) is 5.75 Å². The van der Waals surface area contributed by atoms with Gasteiger partial charge in [-0.15, -0.1) is 0 Å². The topological polar surface area (TPSA) is 85.9 Å². The number of rotatable bonds is 4. The van der Waals surface area contributed by atoms with E-state index in [1.54, 1.807) is 4.90 Å². The van der Waals surface area contributed by atoms with Crippen molar-refractivity contribution < 1.29 is 27.5 Å². The maximum Gasteiger partial charge on any atom is 0.416 e. The zero-order valence-corrected chi connectivity index (χ0v) is 20.6. The number of hydrazine groups is 2. The summed E-state index contributed by atoms with van der Waals surface area (Å²) in [4.78, 5) is 29.7. The van der Waals surface area contributed by atoms with E-state index >= 15 is 0 Å². The molecule has 3 unspecified atom stereocenters. The fraction of sp³-hybridized carbons (Fsp3) is 0.667. The third-order valence-electron chi connectivity index (χ3n) is 8.11. The van der Waals surface area contributed by atoms with Gasteiger partial charge in [-0.25, -0.2) is 10.9 Å². The van der Waals surface area contributed by atoms with Gasteiger partial charge in [-0.3, -0.25) is 9.59 Å². The lowest BCUT2D eigenvalue weighted by atomic mass is 9.82. The van der Waals surface area contributed by atoms with Crippen LogP contribution in [-0.2, 0) is 15.8 Å². The number of alkyl halides is 3. The van der Waals surface area contributed by atoms with Gasteiger partial charge in [0.15, 0.2) is 6.61 Å². The van der Waals surface area contributed by atoms with Crippen LogP contribution < -0.4 is 21.1 Å². The highest BCUT2D eigenvalue weighted by molar-refractivity contribution is 6.32. The first-order valence-corrected chi connectivity index (χ1v) is 12.9. The van der Waals surface area contributed by atoms with Gasteiger partial charge in [0.05, 0.1) is 10.6 Å². The Morgan fingerprint density at radius 2 is 1.69 bits per heavy atom. The lowest BCUT2D eigenvalue weighted by Gasteiger charge is -2.32. The van der Waals surface area contributed by atoms with Gasteiger partial charge >= 0.3 is 6.18 Å². The van der Waals surface area contributed by atoms with Crippen molar-refractivity contribution in [2.45, 2.75) is 50.4 Å². The number of nitrogens with zero attached hydrogens (tertiary/aromatic N) is 2. The van der Waals surface area contributed by atoms with Crippen LogP contribution in [0.1, 0.15) is 37.7 Å². The van der Waals surface area contributed by atoms with E-state index in [0.717, 1.165) is 63.4 Å². The summed E-state index contributed by atoms with van der Waals surface area (Å²) >= 11 is 5.93. The molecule has 3 heterocycles. The van der Waals surface area contributed by atoms with Crippen LogP contribution in [0.4, 0.5) is 13.2 Å². The van der Waals surface area contributed by atoms with Crippen molar-refractivity contribution in [2.75, 3.05) is 32.8 Å². The smallest absolute Gasteiger partial charge is 0.416 e. The van der Waals surface area contributed by atoms with Crippen molar-refractivity contribution in [3.63, 3.8) is 0 Å². The number of nitrogens with one attached hydrogen (secondary N) is 3. The van der Waals surface area contributed by atoms with Gasteiger partial charge in [-0.1, -0.05) is 11.6 Å². The van der Waals surface area contributed by atoms with Gasteiger partial charge < -0.3 is 14.5 Å². The molecule has 0 radical (unpaired) electrons. The number of benzene rings is 1. The summed E-state index contributed by atoms with van der Waals surface area (Å²) in [6.45, 7) is 2.32. The highest BCUT2D eigenvalue weighted by atomic mass is 35.5. The van der Waals surface area contributed by atoms with Crippen LogP contribution >= 0.6 is 11.6 Å². The number of likely N-dealkylation sites (tertiary alicyclic amines) is 2. The summed E-state index contributed by atoms with van der Waals surface area (Å²) in [7, 11) is 0. The Balaban J connectivity index is 1.10. The molecule has 1 aromatic carbocycles. The molecule has 3 N–H and O–H groups in total. The largest absolute Gasteiger partial charge is 0.482 e. The number of halogens is 4. The number of carbonyl (C=O) groups is 2. The van der Waals surface area contributed by atoms with E-state index in [9.17, 15) is 22.8 Å². The van der Waals surface area contributed by atoms with E-state index in [0.29, 0.717) is 31.0 Å². The zero-order valence-electron chi connectivity index (χ0n) is 19.8. The summed E-state index contributed by atoms with van der Waals surface area (Å²) < 4.78 is 43.9. The Labute approximate surface area is 212 Å². The van der Waals surface area contributed by atoms with Crippen molar-refractivity contribution in [2.24, 2.45) is 17.8 Å². The molecule has 1 aliphatic carbocycles. The van der Waals surface area contributed by atoms with Crippen molar-refractivity contribution in [1.82, 2.24) is 26.2 Å². The number of ether oxygens (including phenoxy) is 1. The van der Waals surface area contributed by atoms with Crippen LogP contribution in [0.15, 0.2) is 18.2 Å². The SMILES string of the molecule is O=C(COc1ccc(C(F)(F)F)cc1Cl)N1CC[C@@H]2CN(C(=O)C3CCC4NNNC4C3)C[C@@H]2CC1. The van der Waals surface area contributed by atoms with Crippen molar-refractivity contribution in [3.05, 3.63) is 28.8 Å². The number of amides is 2. The molecule has 0 aromatic heterocycles. The molecule has 3 aliphatic heterocycles. The van der Waals surface area contributed by atoms with E-state index in [1.807, 2.05) is 4.90 Å². The third-order valence-corrected chi connectivity index (χ3v) is 8.40. The van der Waals surface area contributed by atoms with Crippen molar-refractivity contribution >= 4 is 23.4 Å². The standard InChI is InChI=1S/C24H31ClF3N5O3/c25-18-10-17(24(26,27)28)2-4-21(18)36-13-22(34)32-7-5-15-11-33(12-16(15)6-8-32)23(35)14-1-3-19-20(9-14)30-31-29-19/h2,4,10,14-16,19-20,29-31H,1,3,5-9,11-13H2/t14?,15-,16+,19?,20?. The van der Waals surface area contributed by atoms with E-state index in [2.05, 4.69) is 16.4 Å². The predicted molar refractivity (Wildman–Crippen MR) is 126 cm³/mol. The van der Waals surface area contributed by atoms with Gasteiger partial charge in [0.2, 0.25) is 5.91 Å². The van der Waals surface area contributed by atoms with Gasteiger partial charge in [-0.2, -0.15) is 18.7 Å². The molecule has 5 atom stereocenters. The fourth-order valence-corrected chi connectivity index (χ4v) is 6.25. The highest BCUT2D eigenvalue weighted by Gasteiger charge is 2.42. The molecule has 198 valence electrons. The molecule has 1 aromatic rings. The molecule has 0 spiro atoms. The fourth-order valence-electron chi connectivity index (χ4n) is 6.01. The Morgan fingerprint density at radius 3 is 2.36 bits per heavy atom. The van der Waals surface area contributed by atoms with E-state index in [1.165, 1.54) is 0 Å². The summed E-state index contributed by atoms with van der Waals surface area (Å²) in [6.07, 6.45) is -0.172. The number of fused-ring (bicyclic) bond motifs is 2. The number of carbonyl (C=O) groups excluding carboxylic acids is 2. The first-order valence-electron chi connectivity index (χ1n) is 12.5. The second-order valence-electron chi connectivity index (χ2n) is 10.3. The van der Waals surface area contributed by atoms with Crippen LogP contribution in [0.2, 0.25) is 5.02 Å². The van der Waals surface area contributed by atoms with Crippen LogP contribution in [0.3, 0.4) is 0 Å². The first-order chi connectivity index (χ1) is 17.2. The monoisotopic (exact) mass is 529 g/mol. The quantitative estimate of drug-likeness (QED) is 0.556. The van der Waals surface area contributed by atoms with E-state index < -0.39 is 11.7 Å². The van der Waals surface area contributed by atoms with E-state index in [-0.39, 0.29) is 41.2 Å². The normalized spacial score (nSPS) is 30.5. The Kier molecular flexibility index (Phi) is 7.35. The maximum atomic E-state index is 13.2. The summed E-state index contributed by atoms with van der Waals surface area (Å²) in [5, 5.41) is -0.183. The molecule has 36 heavy (non-hydrogen) atoms. The predicted octanol–water partition coefficient (Wildman–Crippen LogP) is 2.58. The molecule has 4 fully saturated rings. The molecule has 8 nitrogen and oxygen atoms in total. The molecule has 12 heteroatoms. The first kappa shape index (κ1) is 25.6. The Morgan fingerprint density at radius 1 is 1.00 bits per heavy atom. The lowest BCUT2D eigenvalue weighted by Crippen LogP contribution is -2.45. The summed E-state index contributed by atoms with van der Waals surface area (Å²) in [5.74, 6) is 0.858. The average Bonchev–Trinajstić information content (AvgIpc) is 3.44.